The summed E-state index contributed by atoms with van der Waals surface area (Å²) in [5.41, 5.74) is 2.13. The lowest BCUT2D eigenvalue weighted by atomic mass is 9.82. The van der Waals surface area contributed by atoms with E-state index in [9.17, 15) is 10.1 Å². The number of hydrogen-bond acceptors (Lipinski definition) is 6. The second-order valence-electron chi connectivity index (χ2n) is 6.56. The van der Waals surface area contributed by atoms with Crippen molar-refractivity contribution in [1.29, 1.82) is 5.26 Å². The van der Waals surface area contributed by atoms with E-state index in [2.05, 4.69) is 29.3 Å². The quantitative estimate of drug-likeness (QED) is 0.503. The van der Waals surface area contributed by atoms with Crippen LogP contribution in [0.1, 0.15) is 44.6 Å². The number of nitriles is 1. The highest BCUT2D eigenvalue weighted by Crippen LogP contribution is 2.39. The lowest BCUT2D eigenvalue weighted by molar-refractivity contribution is -0.138. The van der Waals surface area contributed by atoms with E-state index in [1.54, 1.807) is 32.0 Å². The van der Waals surface area contributed by atoms with E-state index in [1.807, 2.05) is 6.07 Å². The number of halogens is 1. The maximum Gasteiger partial charge on any atom is 0.336 e. The van der Waals surface area contributed by atoms with Crippen molar-refractivity contribution in [2.45, 2.75) is 39.0 Å². The normalized spacial score (nSPS) is 19.2. The van der Waals surface area contributed by atoms with Gasteiger partial charge in [-0.05, 0) is 57.5 Å². The first-order valence-corrected chi connectivity index (χ1v) is 10.3. The predicted octanol–water partition coefficient (Wildman–Crippen LogP) is 4.29. The second-order valence-corrected chi connectivity index (χ2v) is 7.44. The summed E-state index contributed by atoms with van der Waals surface area (Å²) >= 11 is 10.4. The van der Waals surface area contributed by atoms with Crippen LogP contribution < -0.4 is 10.6 Å². The highest BCUT2D eigenvalue weighted by Gasteiger charge is 2.34. The van der Waals surface area contributed by atoms with Crippen molar-refractivity contribution in [2.75, 3.05) is 19.7 Å². The Bertz CT molecular complexity index is 799. The van der Waals surface area contributed by atoms with Crippen LogP contribution in [-0.2, 0) is 9.53 Å². The molecule has 1 aromatic carbocycles. The molecule has 2 N–H and O–H groups in total. The van der Waals surface area contributed by atoms with E-state index >= 15 is 0 Å². The average molecular weight is 420 g/mol. The topological polar surface area (TPSA) is 74.2 Å². The van der Waals surface area contributed by atoms with Crippen LogP contribution in [0.3, 0.4) is 0 Å². The predicted molar refractivity (Wildman–Crippen MR) is 115 cm³/mol. The smallest absolute Gasteiger partial charge is 0.336 e. The van der Waals surface area contributed by atoms with Gasteiger partial charge in [0, 0.05) is 10.7 Å². The third kappa shape index (κ3) is 5.78. The summed E-state index contributed by atoms with van der Waals surface area (Å²) in [5.74, 6) is -0.998. The van der Waals surface area contributed by atoms with Gasteiger partial charge in [0.2, 0.25) is 0 Å². The van der Waals surface area contributed by atoms with Gasteiger partial charge >= 0.3 is 5.97 Å². The molecule has 1 fully saturated rings. The van der Waals surface area contributed by atoms with Crippen LogP contribution in [-0.4, -0.2) is 25.7 Å². The molecule has 7 heteroatoms. The van der Waals surface area contributed by atoms with Gasteiger partial charge in [0.05, 0.1) is 34.8 Å². The van der Waals surface area contributed by atoms with E-state index in [0.717, 1.165) is 5.56 Å². The molecule has 0 aromatic heterocycles. The van der Waals surface area contributed by atoms with Gasteiger partial charge in [0.15, 0.2) is 0 Å². The Labute approximate surface area is 177 Å². The van der Waals surface area contributed by atoms with Crippen LogP contribution in [0.5, 0.6) is 0 Å². The first-order chi connectivity index (χ1) is 13.5. The number of piperidine rings is 1. The van der Waals surface area contributed by atoms with Crippen LogP contribution in [0.2, 0.25) is 5.02 Å². The van der Waals surface area contributed by atoms with Gasteiger partial charge in [0.1, 0.15) is 0 Å². The molecule has 28 heavy (non-hydrogen) atoms. The molecule has 1 atom stereocenters. The Morgan fingerprint density at radius 2 is 2.07 bits per heavy atom. The molecular weight excluding hydrogens is 394 g/mol. The molecule has 0 bridgehead atoms. The molecule has 2 aliphatic rings. The third-order valence-electron chi connectivity index (χ3n) is 4.55. The van der Waals surface area contributed by atoms with E-state index in [0.29, 0.717) is 26.9 Å². The summed E-state index contributed by atoms with van der Waals surface area (Å²) in [6, 6.07) is 9.21. The molecule has 0 spiro atoms. The van der Waals surface area contributed by atoms with Gasteiger partial charge < -0.3 is 15.4 Å². The maximum atomic E-state index is 12.3. The van der Waals surface area contributed by atoms with Crippen LogP contribution in [0.15, 0.2) is 46.1 Å². The molecule has 1 unspecified atom stereocenters. The Kier molecular flexibility index (Phi) is 8.91. The minimum Gasteiger partial charge on any atom is -0.463 e. The zero-order chi connectivity index (χ0) is 20.5. The summed E-state index contributed by atoms with van der Waals surface area (Å²) in [6.45, 7) is 6.26. The van der Waals surface area contributed by atoms with Crippen molar-refractivity contribution in [3.63, 3.8) is 0 Å². The van der Waals surface area contributed by atoms with Crippen LogP contribution in [0.4, 0.5) is 0 Å². The molecule has 0 aliphatic carbocycles. The number of allylic oxidation sites excluding steroid dienone is 2. The molecule has 3 rings (SSSR count). The largest absolute Gasteiger partial charge is 0.463 e. The molecule has 2 heterocycles. The fourth-order valence-electron chi connectivity index (χ4n) is 3.23. The summed E-state index contributed by atoms with van der Waals surface area (Å²) in [4.78, 5) is 12.3. The average Bonchev–Trinajstić information content (AvgIpc) is 2.69. The number of carbonyl (C=O) groups is 1. The molecule has 1 saturated heterocycles. The minimum atomic E-state index is -0.545. The van der Waals surface area contributed by atoms with Crippen molar-refractivity contribution in [3.05, 3.63) is 56.7 Å². The number of dihydropyridines is 1. The number of esters is 1. The summed E-state index contributed by atoms with van der Waals surface area (Å²) < 4.78 is 5.14. The van der Waals surface area contributed by atoms with Gasteiger partial charge in [0.25, 0.3) is 0 Å². The molecular formula is C21H26ClN3O2S. The monoisotopic (exact) mass is 419 g/mol. The van der Waals surface area contributed by atoms with Crippen LogP contribution in [0, 0.1) is 11.3 Å². The van der Waals surface area contributed by atoms with Gasteiger partial charge in [-0.3, -0.25) is 0 Å². The van der Waals surface area contributed by atoms with E-state index in [-0.39, 0.29) is 6.61 Å². The number of carbonyl (C=O) groups excluding carboxylic acids is 1. The Morgan fingerprint density at radius 1 is 1.36 bits per heavy atom. The second kappa shape index (κ2) is 11.2. The fraction of sp³-hybridized carbons (Fsp3) is 0.429. The fourth-order valence-corrected chi connectivity index (χ4v) is 3.77. The SMILES string of the molecule is C1CCNCC1.CCOC(=O)C1=C(C)NC(S)=C(C#N)C1c1cccc(Cl)c1. The van der Waals surface area contributed by atoms with Crippen molar-refractivity contribution in [1.82, 2.24) is 10.6 Å². The van der Waals surface area contributed by atoms with E-state index in [1.165, 1.54) is 32.4 Å². The summed E-state index contributed by atoms with van der Waals surface area (Å²) in [6.07, 6.45) is 4.22. The third-order valence-corrected chi connectivity index (χ3v) is 5.14. The van der Waals surface area contributed by atoms with Gasteiger partial charge in [-0.25, -0.2) is 4.79 Å². The number of rotatable bonds is 3. The highest BCUT2D eigenvalue weighted by atomic mass is 35.5. The zero-order valence-corrected chi connectivity index (χ0v) is 17.9. The first-order valence-electron chi connectivity index (χ1n) is 9.43. The number of nitrogens with zero attached hydrogens (tertiary/aromatic N) is 1. The van der Waals surface area contributed by atoms with Gasteiger partial charge in [-0.2, -0.15) is 5.26 Å². The number of nitrogens with one attached hydrogen (secondary N) is 2. The molecule has 5 nitrogen and oxygen atoms in total. The number of thiol groups is 1. The lowest BCUT2D eigenvalue weighted by Crippen LogP contribution is -2.28. The van der Waals surface area contributed by atoms with Crippen molar-refractivity contribution >= 4 is 30.2 Å². The number of benzene rings is 1. The number of ether oxygens (including phenoxy) is 1. The molecule has 0 amide bonds. The standard InChI is InChI=1S/C16H15ClN2O2S.C5H11N/c1-3-21-16(20)13-9(2)19-15(22)12(8-18)14(13)10-5-4-6-11(17)7-10;1-2-4-6-5-3-1/h4-7,14,19,22H,3H2,1-2H3;6H,1-5H2. The molecule has 1 aromatic rings. The van der Waals surface area contributed by atoms with Crippen molar-refractivity contribution in [2.24, 2.45) is 0 Å². The number of hydrogen-bond donors (Lipinski definition) is 3. The van der Waals surface area contributed by atoms with Gasteiger partial charge in [-0.1, -0.05) is 30.2 Å². The molecule has 0 saturated carbocycles. The van der Waals surface area contributed by atoms with E-state index < -0.39 is 11.9 Å². The lowest BCUT2D eigenvalue weighted by Gasteiger charge is -2.28. The Morgan fingerprint density at radius 3 is 2.57 bits per heavy atom. The summed E-state index contributed by atoms with van der Waals surface area (Å²) in [5, 5.41) is 16.7. The Hall–Kier alpha value is -1.94. The van der Waals surface area contributed by atoms with Crippen molar-refractivity contribution in [3.8, 4) is 6.07 Å². The van der Waals surface area contributed by atoms with Crippen LogP contribution in [0.25, 0.3) is 0 Å². The van der Waals surface area contributed by atoms with Crippen molar-refractivity contribution < 1.29 is 9.53 Å². The Balaban J connectivity index is 0.000000397. The summed E-state index contributed by atoms with van der Waals surface area (Å²) in [7, 11) is 0. The van der Waals surface area contributed by atoms with Gasteiger partial charge in [-0.15, -0.1) is 12.6 Å². The molecule has 2 aliphatic heterocycles. The molecule has 0 radical (unpaired) electrons. The van der Waals surface area contributed by atoms with E-state index in [4.69, 9.17) is 16.3 Å². The first kappa shape index (κ1) is 22.4. The molecule has 150 valence electrons. The minimum absolute atomic E-state index is 0.261. The maximum absolute atomic E-state index is 12.3. The van der Waals surface area contributed by atoms with Crippen LogP contribution >= 0.6 is 24.2 Å². The zero-order valence-electron chi connectivity index (χ0n) is 16.2. The highest BCUT2D eigenvalue weighted by molar-refractivity contribution is 7.84.